The summed E-state index contributed by atoms with van der Waals surface area (Å²) in [6.45, 7) is 4.47. The van der Waals surface area contributed by atoms with Crippen molar-refractivity contribution in [2.24, 2.45) is 5.92 Å². The normalized spacial score (nSPS) is 14.6. The number of hydrogen-bond acceptors (Lipinski definition) is 5. The fraction of sp³-hybridized carbons (Fsp3) is 0.800. The number of halogens is 3. The van der Waals surface area contributed by atoms with E-state index in [-0.39, 0.29) is 0 Å². The molecule has 0 aliphatic carbocycles. The van der Waals surface area contributed by atoms with Crippen LogP contribution in [-0.4, -0.2) is 37.7 Å². The molecule has 0 saturated carbocycles. The van der Waals surface area contributed by atoms with Crippen LogP contribution in [0.1, 0.15) is 20.8 Å². The van der Waals surface area contributed by atoms with E-state index in [1.807, 2.05) is 0 Å². The van der Waals surface area contributed by atoms with Crippen LogP contribution in [0.2, 0.25) is 0 Å². The van der Waals surface area contributed by atoms with Crippen molar-refractivity contribution in [1.29, 1.82) is 5.26 Å². The number of nitrogens with zero attached hydrogens (tertiary/aromatic N) is 1. The van der Waals surface area contributed by atoms with E-state index >= 15 is 0 Å². The van der Waals surface area contributed by atoms with E-state index in [0.29, 0.717) is 0 Å². The Hall–Kier alpha value is -1.30. The SMILES string of the molecule is CC(C)(C)OC(=O)CS(=O)(=O)CC(C#N)C(F)(F)F. The molecule has 0 aliphatic rings. The van der Waals surface area contributed by atoms with Crippen molar-refractivity contribution in [2.75, 3.05) is 11.5 Å². The molecule has 0 saturated heterocycles. The van der Waals surface area contributed by atoms with Gasteiger partial charge in [-0.25, -0.2) is 8.42 Å². The second-order valence-corrected chi connectivity index (χ2v) is 6.97. The van der Waals surface area contributed by atoms with Gasteiger partial charge in [0.25, 0.3) is 0 Å². The first-order valence-corrected chi connectivity index (χ1v) is 6.97. The largest absolute Gasteiger partial charge is 0.459 e. The molecule has 0 rings (SSSR count). The van der Waals surface area contributed by atoms with Crippen molar-refractivity contribution in [2.45, 2.75) is 32.5 Å². The quantitative estimate of drug-likeness (QED) is 0.734. The molecular weight excluding hydrogens is 287 g/mol. The number of ether oxygens (including phenoxy) is 1. The van der Waals surface area contributed by atoms with Crippen LogP contribution in [0.15, 0.2) is 0 Å². The first kappa shape index (κ1) is 17.7. The van der Waals surface area contributed by atoms with Crippen LogP contribution < -0.4 is 0 Å². The Morgan fingerprint density at radius 1 is 1.32 bits per heavy atom. The number of carbonyl (C=O) groups excluding carboxylic acids is 1. The third-order valence-corrected chi connectivity index (χ3v) is 3.25. The lowest BCUT2D eigenvalue weighted by Crippen LogP contribution is -2.34. The number of esters is 1. The van der Waals surface area contributed by atoms with E-state index in [2.05, 4.69) is 0 Å². The molecule has 0 aliphatic heterocycles. The maximum Gasteiger partial charge on any atom is 0.405 e. The van der Waals surface area contributed by atoms with Gasteiger partial charge in [-0.2, -0.15) is 18.4 Å². The summed E-state index contributed by atoms with van der Waals surface area (Å²) < 4.78 is 64.2. The van der Waals surface area contributed by atoms with Crippen LogP contribution in [0.5, 0.6) is 0 Å². The van der Waals surface area contributed by atoms with Crippen molar-refractivity contribution in [3.05, 3.63) is 0 Å². The van der Waals surface area contributed by atoms with Gasteiger partial charge in [0.05, 0.1) is 11.8 Å². The smallest absolute Gasteiger partial charge is 0.405 e. The maximum atomic E-state index is 12.3. The van der Waals surface area contributed by atoms with Gasteiger partial charge in [0.15, 0.2) is 15.8 Å². The standard InChI is InChI=1S/C10H14F3NO4S/c1-9(2,3)18-8(15)6-19(16,17)5-7(4-14)10(11,12)13/h7H,5-6H2,1-3H3. The molecule has 0 bridgehead atoms. The summed E-state index contributed by atoms with van der Waals surface area (Å²) in [4.78, 5) is 11.2. The highest BCUT2D eigenvalue weighted by Gasteiger charge is 2.43. The first-order chi connectivity index (χ1) is 8.27. The molecule has 0 radical (unpaired) electrons. The molecule has 1 unspecified atom stereocenters. The number of rotatable bonds is 4. The van der Waals surface area contributed by atoms with Gasteiger partial charge in [-0.15, -0.1) is 0 Å². The zero-order valence-electron chi connectivity index (χ0n) is 10.6. The van der Waals surface area contributed by atoms with E-state index in [1.54, 1.807) is 0 Å². The predicted molar refractivity (Wildman–Crippen MR) is 59.7 cm³/mol. The third-order valence-electron chi connectivity index (χ3n) is 1.73. The molecule has 0 aromatic heterocycles. The molecule has 0 fully saturated rings. The summed E-state index contributed by atoms with van der Waals surface area (Å²) >= 11 is 0. The van der Waals surface area contributed by atoms with Crippen LogP contribution in [-0.2, 0) is 19.4 Å². The van der Waals surface area contributed by atoms with E-state index in [9.17, 15) is 26.4 Å². The minimum absolute atomic E-state index is 0.863. The number of carbonyl (C=O) groups is 1. The van der Waals surface area contributed by atoms with Crippen LogP contribution in [0.3, 0.4) is 0 Å². The minimum atomic E-state index is -4.95. The Morgan fingerprint density at radius 2 is 1.79 bits per heavy atom. The first-order valence-electron chi connectivity index (χ1n) is 5.15. The molecule has 0 spiro atoms. The van der Waals surface area contributed by atoms with Crippen LogP contribution in [0.4, 0.5) is 13.2 Å². The van der Waals surface area contributed by atoms with Crippen LogP contribution in [0.25, 0.3) is 0 Å². The lowest BCUT2D eigenvalue weighted by Gasteiger charge is -2.19. The molecule has 110 valence electrons. The summed E-state index contributed by atoms with van der Waals surface area (Å²) in [5.74, 6) is -6.43. The highest BCUT2D eigenvalue weighted by molar-refractivity contribution is 7.92. The lowest BCUT2D eigenvalue weighted by atomic mass is 10.2. The second-order valence-electron chi connectivity index (χ2n) is 4.86. The van der Waals surface area contributed by atoms with Crippen molar-refractivity contribution in [1.82, 2.24) is 0 Å². The topological polar surface area (TPSA) is 84.2 Å². The fourth-order valence-electron chi connectivity index (χ4n) is 1.07. The van der Waals surface area contributed by atoms with Gasteiger partial charge in [-0.3, -0.25) is 4.79 Å². The monoisotopic (exact) mass is 301 g/mol. The number of sulfone groups is 1. The average Bonchev–Trinajstić information content (AvgIpc) is 2.07. The van der Waals surface area contributed by atoms with Gasteiger partial charge >= 0.3 is 12.1 Å². The molecule has 5 nitrogen and oxygen atoms in total. The van der Waals surface area contributed by atoms with Crippen molar-refractivity contribution < 1.29 is 31.1 Å². The van der Waals surface area contributed by atoms with Crippen LogP contribution in [0, 0.1) is 17.2 Å². The Balaban J connectivity index is 4.76. The highest BCUT2D eigenvalue weighted by atomic mass is 32.2. The van der Waals surface area contributed by atoms with Crippen LogP contribution >= 0.6 is 0 Å². The zero-order valence-corrected chi connectivity index (χ0v) is 11.4. The van der Waals surface area contributed by atoms with Crippen molar-refractivity contribution >= 4 is 15.8 Å². The predicted octanol–water partition coefficient (Wildman–Crippen LogP) is 1.44. The number of nitriles is 1. The molecule has 9 heteroatoms. The molecule has 0 aromatic rings. The summed E-state index contributed by atoms with van der Waals surface area (Å²) in [7, 11) is -4.36. The Labute approximate surface area is 109 Å². The maximum absolute atomic E-state index is 12.3. The van der Waals surface area contributed by atoms with Gasteiger partial charge in [-0.05, 0) is 20.8 Å². The summed E-state index contributed by atoms with van der Waals surface area (Å²) in [6.07, 6.45) is -4.95. The molecule has 1 atom stereocenters. The highest BCUT2D eigenvalue weighted by Crippen LogP contribution is 2.27. The Morgan fingerprint density at radius 3 is 2.11 bits per heavy atom. The average molecular weight is 301 g/mol. The van der Waals surface area contributed by atoms with Crippen molar-refractivity contribution in [3.8, 4) is 6.07 Å². The summed E-state index contributed by atoms with van der Waals surface area (Å²) in [5.41, 5.74) is -0.939. The fourth-order valence-corrected chi connectivity index (χ4v) is 2.38. The molecule has 19 heavy (non-hydrogen) atoms. The number of alkyl halides is 3. The third kappa shape index (κ3) is 7.66. The van der Waals surface area contributed by atoms with E-state index in [1.165, 1.54) is 20.8 Å². The number of hydrogen-bond donors (Lipinski definition) is 0. The Bertz CT molecular complexity index is 470. The van der Waals surface area contributed by atoms with Gasteiger partial charge in [0.1, 0.15) is 11.4 Å². The molecular formula is C10H14F3NO4S. The van der Waals surface area contributed by atoms with E-state index in [4.69, 9.17) is 10.00 Å². The van der Waals surface area contributed by atoms with Gasteiger partial charge < -0.3 is 4.74 Å². The molecule has 0 heterocycles. The van der Waals surface area contributed by atoms with Gasteiger partial charge in [0.2, 0.25) is 0 Å². The molecule has 0 aromatic carbocycles. The summed E-state index contributed by atoms with van der Waals surface area (Å²) in [6, 6.07) is 0.863. The van der Waals surface area contributed by atoms with E-state index < -0.39 is 45.0 Å². The van der Waals surface area contributed by atoms with Gasteiger partial charge in [0, 0.05) is 0 Å². The lowest BCUT2D eigenvalue weighted by molar-refractivity contribution is -0.154. The Kier molecular flexibility index (Phi) is 5.38. The van der Waals surface area contributed by atoms with Gasteiger partial charge in [-0.1, -0.05) is 0 Å². The van der Waals surface area contributed by atoms with Crippen molar-refractivity contribution in [3.63, 3.8) is 0 Å². The molecule has 0 amide bonds. The minimum Gasteiger partial charge on any atom is -0.459 e. The molecule has 0 N–H and O–H groups in total. The van der Waals surface area contributed by atoms with E-state index in [0.717, 1.165) is 6.07 Å². The zero-order chi connectivity index (χ0) is 15.5. The second kappa shape index (κ2) is 5.77. The summed E-state index contributed by atoms with van der Waals surface area (Å²) in [5, 5.41) is 8.29.